The molecule has 1 saturated carbocycles. The third-order valence-electron chi connectivity index (χ3n) is 3.98. The third kappa shape index (κ3) is 2.59. The lowest BCUT2D eigenvalue weighted by Crippen LogP contribution is -2.02. The zero-order chi connectivity index (χ0) is 14.1. The summed E-state index contributed by atoms with van der Waals surface area (Å²) in [5.74, 6) is 0.465. The average Bonchev–Trinajstić information content (AvgIpc) is 3.28. The highest BCUT2D eigenvalue weighted by atomic mass is 19.3. The largest absolute Gasteiger partial charge is 0.388 e. The fourth-order valence-electron chi connectivity index (χ4n) is 2.77. The van der Waals surface area contributed by atoms with Gasteiger partial charge in [0.25, 0.3) is 6.43 Å². The first kappa shape index (κ1) is 13.3. The maximum atomic E-state index is 12.7. The van der Waals surface area contributed by atoms with Crippen LogP contribution in [-0.4, -0.2) is 5.11 Å². The Bertz CT molecular complexity index is 583. The van der Waals surface area contributed by atoms with Gasteiger partial charge in [0.2, 0.25) is 0 Å². The molecule has 0 saturated heterocycles. The lowest BCUT2D eigenvalue weighted by atomic mass is 10.00. The topological polar surface area (TPSA) is 20.2 Å². The number of halogens is 2. The molecule has 1 aliphatic carbocycles. The van der Waals surface area contributed by atoms with Crippen LogP contribution in [0.15, 0.2) is 54.6 Å². The van der Waals surface area contributed by atoms with Crippen LogP contribution in [0.5, 0.6) is 0 Å². The molecule has 3 rings (SSSR count). The normalized spacial score (nSPS) is 22.8. The summed E-state index contributed by atoms with van der Waals surface area (Å²) in [6.07, 6.45) is -2.26. The van der Waals surface area contributed by atoms with E-state index in [0.717, 1.165) is 6.42 Å². The molecule has 0 radical (unpaired) electrons. The van der Waals surface area contributed by atoms with Gasteiger partial charge in [-0.2, -0.15) is 0 Å². The Balaban J connectivity index is 1.75. The SMILES string of the molecule is OC(c1cccc(C(F)F)c1)C1CC1c1ccccc1. The summed E-state index contributed by atoms with van der Waals surface area (Å²) in [5, 5.41) is 10.4. The number of hydrogen-bond acceptors (Lipinski definition) is 1. The maximum absolute atomic E-state index is 12.7. The standard InChI is InChI=1S/C17H16F2O/c18-17(19)13-8-4-7-12(9-13)16(20)15-10-14(15)11-5-2-1-3-6-11/h1-9,14-17,20H,10H2. The molecular weight excluding hydrogens is 258 g/mol. The van der Waals surface area contributed by atoms with Gasteiger partial charge in [-0.15, -0.1) is 0 Å². The molecule has 0 aromatic heterocycles. The Morgan fingerprint density at radius 3 is 2.35 bits per heavy atom. The van der Waals surface area contributed by atoms with E-state index < -0.39 is 12.5 Å². The Morgan fingerprint density at radius 1 is 0.950 bits per heavy atom. The van der Waals surface area contributed by atoms with Crippen molar-refractivity contribution in [2.24, 2.45) is 5.92 Å². The summed E-state index contributed by atoms with van der Waals surface area (Å²) in [6, 6.07) is 16.1. The zero-order valence-electron chi connectivity index (χ0n) is 10.9. The molecule has 0 amide bonds. The van der Waals surface area contributed by atoms with Gasteiger partial charge in [-0.1, -0.05) is 48.5 Å². The van der Waals surface area contributed by atoms with Crippen LogP contribution in [0.25, 0.3) is 0 Å². The molecule has 2 aromatic rings. The molecule has 104 valence electrons. The quantitative estimate of drug-likeness (QED) is 0.872. The van der Waals surface area contributed by atoms with Crippen LogP contribution >= 0.6 is 0 Å². The highest BCUT2D eigenvalue weighted by Gasteiger charge is 2.43. The van der Waals surface area contributed by atoms with Crippen molar-refractivity contribution < 1.29 is 13.9 Å². The Kier molecular flexibility index (Phi) is 3.53. The number of rotatable bonds is 4. The molecule has 1 nitrogen and oxygen atoms in total. The molecule has 3 atom stereocenters. The summed E-state index contributed by atoms with van der Waals surface area (Å²) in [5.41, 5.74) is 1.77. The molecule has 1 aliphatic rings. The third-order valence-corrected chi connectivity index (χ3v) is 3.98. The number of hydrogen-bond donors (Lipinski definition) is 1. The van der Waals surface area contributed by atoms with E-state index in [1.54, 1.807) is 12.1 Å². The highest BCUT2D eigenvalue weighted by molar-refractivity contribution is 5.31. The molecule has 0 heterocycles. The molecule has 1 fully saturated rings. The molecule has 0 aliphatic heterocycles. The van der Waals surface area contributed by atoms with E-state index >= 15 is 0 Å². The minimum absolute atomic E-state index is 0.0292. The predicted octanol–water partition coefficient (Wildman–Crippen LogP) is 4.46. The number of benzene rings is 2. The Hall–Kier alpha value is -1.74. The number of aliphatic hydroxyl groups excluding tert-OH is 1. The molecule has 0 spiro atoms. The van der Waals surface area contributed by atoms with Gasteiger partial charge in [0.1, 0.15) is 0 Å². The minimum Gasteiger partial charge on any atom is -0.388 e. The first-order valence-corrected chi connectivity index (χ1v) is 6.78. The van der Waals surface area contributed by atoms with E-state index in [0.29, 0.717) is 11.5 Å². The zero-order valence-corrected chi connectivity index (χ0v) is 10.9. The summed E-state index contributed by atoms with van der Waals surface area (Å²) in [7, 11) is 0. The van der Waals surface area contributed by atoms with Gasteiger partial charge in [0, 0.05) is 5.56 Å². The van der Waals surface area contributed by atoms with Crippen LogP contribution in [0.4, 0.5) is 8.78 Å². The van der Waals surface area contributed by atoms with E-state index in [1.165, 1.54) is 17.7 Å². The van der Waals surface area contributed by atoms with Crippen LogP contribution in [-0.2, 0) is 0 Å². The molecule has 20 heavy (non-hydrogen) atoms. The van der Waals surface area contributed by atoms with Crippen molar-refractivity contribution in [3.05, 3.63) is 71.3 Å². The first-order valence-electron chi connectivity index (χ1n) is 6.78. The molecule has 0 bridgehead atoms. The smallest absolute Gasteiger partial charge is 0.263 e. The van der Waals surface area contributed by atoms with Crippen molar-refractivity contribution in [2.75, 3.05) is 0 Å². The molecule has 1 N–H and O–H groups in total. The fourth-order valence-corrected chi connectivity index (χ4v) is 2.77. The van der Waals surface area contributed by atoms with Gasteiger partial charge in [-0.05, 0) is 35.4 Å². The van der Waals surface area contributed by atoms with Crippen molar-refractivity contribution in [3.63, 3.8) is 0 Å². The highest BCUT2D eigenvalue weighted by Crippen LogP contribution is 2.54. The van der Waals surface area contributed by atoms with Crippen LogP contribution in [0.2, 0.25) is 0 Å². The van der Waals surface area contributed by atoms with E-state index in [-0.39, 0.29) is 11.5 Å². The van der Waals surface area contributed by atoms with E-state index in [9.17, 15) is 13.9 Å². The van der Waals surface area contributed by atoms with Gasteiger partial charge in [-0.3, -0.25) is 0 Å². The average molecular weight is 274 g/mol. The predicted molar refractivity (Wildman–Crippen MR) is 73.6 cm³/mol. The summed E-state index contributed by atoms with van der Waals surface area (Å²) >= 11 is 0. The molecular formula is C17H16F2O. The monoisotopic (exact) mass is 274 g/mol. The second-order valence-corrected chi connectivity index (χ2v) is 5.33. The maximum Gasteiger partial charge on any atom is 0.263 e. The van der Waals surface area contributed by atoms with Crippen molar-refractivity contribution in [3.8, 4) is 0 Å². The number of aliphatic hydroxyl groups is 1. The second kappa shape index (κ2) is 5.33. The first-order chi connectivity index (χ1) is 9.66. The van der Waals surface area contributed by atoms with Crippen molar-refractivity contribution >= 4 is 0 Å². The molecule has 3 heteroatoms. The fraction of sp³-hybridized carbons (Fsp3) is 0.294. The van der Waals surface area contributed by atoms with E-state index in [4.69, 9.17) is 0 Å². The van der Waals surface area contributed by atoms with E-state index in [1.807, 2.05) is 30.3 Å². The summed E-state index contributed by atoms with van der Waals surface area (Å²) in [6.45, 7) is 0. The van der Waals surface area contributed by atoms with E-state index in [2.05, 4.69) is 0 Å². The van der Waals surface area contributed by atoms with Crippen LogP contribution in [0.1, 0.15) is 41.6 Å². The van der Waals surface area contributed by atoms with Crippen LogP contribution in [0, 0.1) is 5.92 Å². The van der Waals surface area contributed by atoms with Crippen LogP contribution in [0.3, 0.4) is 0 Å². The van der Waals surface area contributed by atoms with Gasteiger partial charge < -0.3 is 5.11 Å². The number of alkyl halides is 2. The minimum atomic E-state index is -2.49. The van der Waals surface area contributed by atoms with Crippen LogP contribution < -0.4 is 0 Å². The Labute approximate surface area is 116 Å². The van der Waals surface area contributed by atoms with Gasteiger partial charge in [0.15, 0.2) is 0 Å². The van der Waals surface area contributed by atoms with Gasteiger partial charge in [-0.25, -0.2) is 8.78 Å². The lowest BCUT2D eigenvalue weighted by Gasteiger charge is -2.12. The summed E-state index contributed by atoms with van der Waals surface area (Å²) in [4.78, 5) is 0. The van der Waals surface area contributed by atoms with Crippen molar-refractivity contribution in [1.82, 2.24) is 0 Å². The summed E-state index contributed by atoms with van der Waals surface area (Å²) < 4.78 is 25.4. The van der Waals surface area contributed by atoms with Gasteiger partial charge >= 0.3 is 0 Å². The molecule has 3 unspecified atom stereocenters. The van der Waals surface area contributed by atoms with Crippen molar-refractivity contribution in [1.29, 1.82) is 0 Å². The molecule has 2 aromatic carbocycles. The second-order valence-electron chi connectivity index (χ2n) is 5.33. The van der Waals surface area contributed by atoms with Gasteiger partial charge in [0.05, 0.1) is 6.10 Å². The Morgan fingerprint density at radius 2 is 1.65 bits per heavy atom. The lowest BCUT2D eigenvalue weighted by molar-refractivity contribution is 0.144. The van der Waals surface area contributed by atoms with Crippen molar-refractivity contribution in [2.45, 2.75) is 24.9 Å².